The Balaban J connectivity index is 2.86. The van der Waals surface area contributed by atoms with E-state index in [1.165, 1.54) is 18.7 Å². The Morgan fingerprint density at radius 2 is 1.75 bits per heavy atom. The molecular formula is C7H7F3N2. The van der Waals surface area contributed by atoms with E-state index in [9.17, 15) is 13.2 Å². The minimum absolute atomic E-state index is 0.0880. The fourth-order valence-corrected chi connectivity index (χ4v) is 0.723. The molecule has 5 heteroatoms. The maximum absolute atomic E-state index is 12.1. The molecule has 12 heavy (non-hydrogen) atoms. The molecule has 0 spiro atoms. The molecule has 0 aromatic carbocycles. The van der Waals surface area contributed by atoms with Crippen LogP contribution in [0.5, 0.6) is 0 Å². The van der Waals surface area contributed by atoms with Crippen LogP contribution >= 0.6 is 0 Å². The summed E-state index contributed by atoms with van der Waals surface area (Å²) in [7, 11) is 0. The second kappa shape index (κ2) is 3.08. The molecule has 1 aromatic rings. The summed E-state index contributed by atoms with van der Waals surface area (Å²) in [6.07, 6.45) is -0.673. The van der Waals surface area contributed by atoms with E-state index in [1.807, 2.05) is 0 Å². The average molecular weight is 176 g/mol. The van der Waals surface area contributed by atoms with Crippen LogP contribution < -0.4 is 0 Å². The molecule has 0 aliphatic carbocycles. The second-order valence-corrected chi connectivity index (χ2v) is 2.44. The summed E-state index contributed by atoms with van der Waals surface area (Å²) in [5.41, 5.74) is 0.0880. The number of halogens is 3. The predicted molar refractivity (Wildman–Crippen MR) is 36.5 cm³/mol. The van der Waals surface area contributed by atoms with Crippen LogP contribution in [-0.2, 0) is 0 Å². The second-order valence-electron chi connectivity index (χ2n) is 2.44. The van der Waals surface area contributed by atoms with Crippen molar-refractivity contribution in [3.63, 3.8) is 0 Å². The van der Waals surface area contributed by atoms with E-state index in [-0.39, 0.29) is 5.56 Å². The Morgan fingerprint density at radius 3 is 2.17 bits per heavy atom. The quantitative estimate of drug-likeness (QED) is 0.655. The van der Waals surface area contributed by atoms with Crippen LogP contribution in [0.2, 0.25) is 0 Å². The van der Waals surface area contributed by atoms with Crippen molar-refractivity contribution in [3.8, 4) is 0 Å². The highest BCUT2D eigenvalue weighted by molar-refractivity contribution is 5.10. The van der Waals surface area contributed by atoms with Gasteiger partial charge in [0.1, 0.15) is 6.33 Å². The van der Waals surface area contributed by atoms with Gasteiger partial charge in [-0.3, -0.25) is 0 Å². The zero-order valence-corrected chi connectivity index (χ0v) is 6.34. The molecule has 0 aliphatic heterocycles. The number of hydrogen-bond donors (Lipinski definition) is 0. The molecule has 1 aromatic heterocycles. The number of rotatable bonds is 1. The molecule has 0 aliphatic rings. The topological polar surface area (TPSA) is 25.8 Å². The van der Waals surface area contributed by atoms with Crippen molar-refractivity contribution in [1.29, 1.82) is 0 Å². The summed E-state index contributed by atoms with van der Waals surface area (Å²) >= 11 is 0. The first-order valence-electron chi connectivity index (χ1n) is 3.33. The minimum atomic E-state index is -4.22. The Kier molecular flexibility index (Phi) is 2.30. The molecule has 0 N–H and O–H groups in total. The number of nitrogens with zero attached hydrogens (tertiary/aromatic N) is 2. The van der Waals surface area contributed by atoms with Crippen molar-refractivity contribution in [2.75, 3.05) is 0 Å². The first kappa shape index (κ1) is 8.96. The van der Waals surface area contributed by atoms with Gasteiger partial charge in [-0.25, -0.2) is 9.97 Å². The smallest absolute Gasteiger partial charge is 0.245 e. The van der Waals surface area contributed by atoms with Crippen LogP contribution in [0.15, 0.2) is 18.7 Å². The van der Waals surface area contributed by atoms with E-state index < -0.39 is 12.1 Å². The molecule has 1 atom stereocenters. The number of hydrogen-bond acceptors (Lipinski definition) is 2. The SMILES string of the molecule is CC(c1cncnc1)C(F)(F)F. The van der Waals surface area contributed by atoms with Gasteiger partial charge in [0.05, 0.1) is 5.92 Å². The van der Waals surface area contributed by atoms with Gasteiger partial charge in [0.15, 0.2) is 0 Å². The van der Waals surface area contributed by atoms with Gasteiger partial charge in [0.25, 0.3) is 0 Å². The minimum Gasteiger partial charge on any atom is -0.245 e. The number of aromatic nitrogens is 2. The van der Waals surface area contributed by atoms with E-state index in [1.54, 1.807) is 0 Å². The molecule has 1 rings (SSSR count). The third-order valence-corrected chi connectivity index (χ3v) is 1.57. The highest BCUT2D eigenvalue weighted by Crippen LogP contribution is 2.33. The molecule has 0 saturated heterocycles. The van der Waals surface area contributed by atoms with Gasteiger partial charge < -0.3 is 0 Å². The van der Waals surface area contributed by atoms with Gasteiger partial charge in [0, 0.05) is 18.0 Å². The Morgan fingerprint density at radius 1 is 1.25 bits per heavy atom. The summed E-state index contributed by atoms with van der Waals surface area (Å²) in [5.74, 6) is -1.50. The standard InChI is InChI=1S/C7H7F3N2/c1-5(7(8,9)10)6-2-11-4-12-3-6/h2-5H,1H3. The molecule has 0 amide bonds. The van der Waals surface area contributed by atoms with Crippen LogP contribution in [0.1, 0.15) is 18.4 Å². The van der Waals surface area contributed by atoms with Crippen molar-refractivity contribution < 1.29 is 13.2 Å². The van der Waals surface area contributed by atoms with E-state index in [2.05, 4.69) is 9.97 Å². The van der Waals surface area contributed by atoms with Gasteiger partial charge in [-0.15, -0.1) is 0 Å². The summed E-state index contributed by atoms with van der Waals surface area (Å²) in [4.78, 5) is 7.02. The van der Waals surface area contributed by atoms with Crippen LogP contribution in [0.25, 0.3) is 0 Å². The van der Waals surface area contributed by atoms with Gasteiger partial charge in [-0.2, -0.15) is 13.2 Å². The van der Waals surface area contributed by atoms with Gasteiger partial charge in [0.2, 0.25) is 0 Å². The largest absolute Gasteiger partial charge is 0.395 e. The Bertz CT molecular complexity index is 245. The zero-order valence-electron chi connectivity index (χ0n) is 6.34. The molecular weight excluding hydrogens is 169 g/mol. The monoisotopic (exact) mass is 176 g/mol. The molecule has 0 radical (unpaired) electrons. The van der Waals surface area contributed by atoms with Crippen LogP contribution in [0.4, 0.5) is 13.2 Å². The van der Waals surface area contributed by atoms with E-state index in [0.717, 1.165) is 6.92 Å². The van der Waals surface area contributed by atoms with Crippen molar-refractivity contribution in [2.24, 2.45) is 0 Å². The maximum atomic E-state index is 12.1. The lowest BCUT2D eigenvalue weighted by atomic mass is 10.1. The van der Waals surface area contributed by atoms with Gasteiger partial charge >= 0.3 is 6.18 Å². The predicted octanol–water partition coefficient (Wildman–Crippen LogP) is 2.14. The van der Waals surface area contributed by atoms with Crippen LogP contribution in [-0.4, -0.2) is 16.1 Å². The fourth-order valence-electron chi connectivity index (χ4n) is 0.723. The first-order valence-corrected chi connectivity index (χ1v) is 3.33. The van der Waals surface area contributed by atoms with Crippen molar-refractivity contribution in [2.45, 2.75) is 19.0 Å². The van der Waals surface area contributed by atoms with E-state index in [4.69, 9.17) is 0 Å². The Labute approximate surface area is 67.5 Å². The van der Waals surface area contributed by atoms with Crippen molar-refractivity contribution in [1.82, 2.24) is 9.97 Å². The summed E-state index contributed by atoms with van der Waals surface area (Å²) in [6, 6.07) is 0. The third kappa shape index (κ3) is 1.93. The van der Waals surface area contributed by atoms with Crippen LogP contribution in [0.3, 0.4) is 0 Å². The zero-order chi connectivity index (χ0) is 9.19. The Hall–Kier alpha value is -1.13. The highest BCUT2D eigenvalue weighted by Gasteiger charge is 2.37. The third-order valence-electron chi connectivity index (χ3n) is 1.57. The molecule has 0 bridgehead atoms. The highest BCUT2D eigenvalue weighted by atomic mass is 19.4. The lowest BCUT2D eigenvalue weighted by Crippen LogP contribution is -2.17. The summed E-state index contributed by atoms with van der Waals surface area (Å²) in [6.45, 7) is 1.08. The lowest BCUT2D eigenvalue weighted by molar-refractivity contribution is -0.146. The molecule has 2 nitrogen and oxygen atoms in total. The molecule has 1 heterocycles. The number of alkyl halides is 3. The van der Waals surface area contributed by atoms with Gasteiger partial charge in [-0.05, 0) is 6.92 Å². The molecule has 0 saturated carbocycles. The average Bonchev–Trinajstić information content (AvgIpc) is 2.03. The van der Waals surface area contributed by atoms with Gasteiger partial charge in [-0.1, -0.05) is 0 Å². The first-order chi connectivity index (χ1) is 5.52. The molecule has 66 valence electrons. The van der Waals surface area contributed by atoms with Crippen LogP contribution in [0, 0.1) is 0 Å². The fraction of sp³-hybridized carbons (Fsp3) is 0.429. The lowest BCUT2D eigenvalue weighted by Gasteiger charge is -2.14. The summed E-state index contributed by atoms with van der Waals surface area (Å²) in [5, 5.41) is 0. The normalized spacial score (nSPS) is 14.3. The molecule has 0 fully saturated rings. The van der Waals surface area contributed by atoms with E-state index in [0.29, 0.717) is 0 Å². The maximum Gasteiger partial charge on any atom is 0.395 e. The molecule has 1 unspecified atom stereocenters. The van der Waals surface area contributed by atoms with Crippen molar-refractivity contribution in [3.05, 3.63) is 24.3 Å². The summed E-state index contributed by atoms with van der Waals surface area (Å²) < 4.78 is 36.2. The van der Waals surface area contributed by atoms with Crippen molar-refractivity contribution >= 4 is 0 Å². The van der Waals surface area contributed by atoms with E-state index >= 15 is 0 Å².